The van der Waals surface area contributed by atoms with Crippen molar-refractivity contribution in [1.29, 1.82) is 0 Å². The van der Waals surface area contributed by atoms with Crippen LogP contribution >= 0.6 is 0 Å². The van der Waals surface area contributed by atoms with Crippen LogP contribution in [0.1, 0.15) is 5.56 Å². The van der Waals surface area contributed by atoms with Gasteiger partial charge in [-0.25, -0.2) is 4.39 Å². The van der Waals surface area contributed by atoms with E-state index in [2.05, 4.69) is 0 Å². The second kappa shape index (κ2) is 5.09. The summed E-state index contributed by atoms with van der Waals surface area (Å²) in [5.74, 6) is 0.358. The molecular formula is C15H14FNO3. The standard InChI is InChI=1S/C15H14FNO3/c16-12-8-17(9-13(12)18)15(19)11-5-6-20-14-4-2-1-3-10(14)7-11/h1-7,12-13,18H,8-9H2/t12-,13-/m1/s1. The summed E-state index contributed by atoms with van der Waals surface area (Å²) in [5.41, 5.74) is 1.20. The predicted octanol–water partition coefficient (Wildman–Crippen LogP) is 1.52. The number of aliphatic hydroxyl groups is 1. The summed E-state index contributed by atoms with van der Waals surface area (Å²) >= 11 is 0. The number of hydrogen-bond acceptors (Lipinski definition) is 3. The summed E-state index contributed by atoms with van der Waals surface area (Å²) in [7, 11) is 0. The molecule has 0 unspecified atom stereocenters. The van der Waals surface area contributed by atoms with Gasteiger partial charge in [-0.05, 0) is 18.2 Å². The molecular weight excluding hydrogens is 261 g/mol. The van der Waals surface area contributed by atoms with E-state index in [4.69, 9.17) is 4.74 Å². The van der Waals surface area contributed by atoms with Crippen molar-refractivity contribution in [3.8, 4) is 5.75 Å². The van der Waals surface area contributed by atoms with Crippen LogP contribution in [0.25, 0.3) is 6.08 Å². The number of β-amino-alcohol motifs (C(OH)–C–C–N with tert-alkyl or cyclic N) is 1. The number of carbonyl (C=O) groups is 1. The molecule has 104 valence electrons. The Hall–Kier alpha value is -2.14. The fourth-order valence-electron chi connectivity index (χ4n) is 2.33. The van der Waals surface area contributed by atoms with E-state index in [1.165, 1.54) is 11.2 Å². The minimum Gasteiger partial charge on any atom is -0.464 e. The Bertz CT molecular complexity index is 587. The molecule has 1 fully saturated rings. The maximum atomic E-state index is 13.3. The lowest BCUT2D eigenvalue weighted by Gasteiger charge is -2.15. The summed E-state index contributed by atoms with van der Waals surface area (Å²) in [5, 5.41) is 9.40. The monoisotopic (exact) mass is 275 g/mol. The van der Waals surface area contributed by atoms with Crippen LogP contribution in [-0.2, 0) is 4.79 Å². The Labute approximate surface area is 115 Å². The van der Waals surface area contributed by atoms with Crippen LogP contribution in [0, 0.1) is 0 Å². The van der Waals surface area contributed by atoms with Gasteiger partial charge in [-0.15, -0.1) is 0 Å². The smallest absolute Gasteiger partial charge is 0.254 e. The average Bonchev–Trinajstić information content (AvgIpc) is 2.67. The fraction of sp³-hybridized carbons (Fsp3) is 0.267. The van der Waals surface area contributed by atoms with E-state index in [1.807, 2.05) is 18.2 Å². The molecule has 0 aliphatic carbocycles. The molecule has 1 aromatic rings. The van der Waals surface area contributed by atoms with Gasteiger partial charge in [0.05, 0.1) is 12.8 Å². The van der Waals surface area contributed by atoms with E-state index in [0.29, 0.717) is 11.3 Å². The highest BCUT2D eigenvalue weighted by Crippen LogP contribution is 2.26. The number of carbonyl (C=O) groups excluding carboxylic acids is 1. The van der Waals surface area contributed by atoms with E-state index in [-0.39, 0.29) is 19.0 Å². The molecule has 0 spiro atoms. The number of fused-ring (bicyclic) bond motifs is 1. The van der Waals surface area contributed by atoms with Gasteiger partial charge in [0, 0.05) is 17.7 Å². The number of rotatable bonds is 1. The number of likely N-dealkylation sites (tertiary alicyclic amines) is 1. The number of alkyl halides is 1. The van der Waals surface area contributed by atoms with E-state index < -0.39 is 12.3 Å². The van der Waals surface area contributed by atoms with Crippen LogP contribution in [-0.4, -0.2) is 41.3 Å². The highest BCUT2D eigenvalue weighted by atomic mass is 19.1. The highest BCUT2D eigenvalue weighted by Gasteiger charge is 2.34. The van der Waals surface area contributed by atoms with Gasteiger partial charge in [0.1, 0.15) is 18.0 Å². The molecule has 20 heavy (non-hydrogen) atoms. The normalized spacial score (nSPS) is 24.7. The molecule has 1 amide bonds. The lowest BCUT2D eigenvalue weighted by molar-refractivity contribution is -0.126. The summed E-state index contributed by atoms with van der Waals surface area (Å²) < 4.78 is 18.7. The largest absolute Gasteiger partial charge is 0.464 e. The third-order valence-electron chi connectivity index (χ3n) is 3.43. The van der Waals surface area contributed by atoms with Crippen molar-refractivity contribution in [2.75, 3.05) is 13.1 Å². The first kappa shape index (κ1) is 12.9. The molecule has 1 N–H and O–H groups in total. The van der Waals surface area contributed by atoms with Gasteiger partial charge in [0.25, 0.3) is 5.91 Å². The van der Waals surface area contributed by atoms with E-state index >= 15 is 0 Å². The van der Waals surface area contributed by atoms with E-state index in [9.17, 15) is 14.3 Å². The number of hydrogen-bond donors (Lipinski definition) is 1. The van der Waals surface area contributed by atoms with Crippen LogP contribution in [0.3, 0.4) is 0 Å². The Kier molecular flexibility index (Phi) is 3.28. The molecule has 2 atom stereocenters. The van der Waals surface area contributed by atoms with Gasteiger partial charge in [-0.2, -0.15) is 0 Å². The van der Waals surface area contributed by atoms with Crippen LogP contribution in [0.15, 0.2) is 42.2 Å². The fourth-order valence-corrected chi connectivity index (χ4v) is 2.33. The second-order valence-corrected chi connectivity index (χ2v) is 4.85. The Balaban J connectivity index is 1.87. The third kappa shape index (κ3) is 2.32. The van der Waals surface area contributed by atoms with Crippen molar-refractivity contribution in [1.82, 2.24) is 4.90 Å². The van der Waals surface area contributed by atoms with Crippen LogP contribution in [0.4, 0.5) is 4.39 Å². The summed E-state index contributed by atoms with van der Waals surface area (Å²) in [6.45, 7) is -0.0542. The molecule has 2 heterocycles. The quantitative estimate of drug-likeness (QED) is 0.845. The minimum atomic E-state index is -1.38. The summed E-state index contributed by atoms with van der Waals surface area (Å²) in [4.78, 5) is 13.6. The van der Waals surface area contributed by atoms with Gasteiger partial charge in [-0.1, -0.05) is 18.2 Å². The van der Waals surface area contributed by atoms with Crippen molar-refractivity contribution >= 4 is 12.0 Å². The molecule has 0 radical (unpaired) electrons. The van der Waals surface area contributed by atoms with Crippen molar-refractivity contribution in [3.63, 3.8) is 0 Å². The molecule has 2 aliphatic heterocycles. The highest BCUT2D eigenvalue weighted by molar-refractivity contribution is 6.01. The number of aliphatic hydroxyl groups excluding tert-OH is 1. The van der Waals surface area contributed by atoms with Gasteiger partial charge in [-0.3, -0.25) is 4.79 Å². The maximum absolute atomic E-state index is 13.3. The van der Waals surface area contributed by atoms with Crippen molar-refractivity contribution in [2.24, 2.45) is 0 Å². The number of benzene rings is 1. The summed E-state index contributed by atoms with van der Waals surface area (Å²) in [6, 6.07) is 7.34. The number of ether oxygens (including phenoxy) is 1. The average molecular weight is 275 g/mol. The number of para-hydroxylation sites is 1. The number of nitrogens with zero attached hydrogens (tertiary/aromatic N) is 1. The first-order chi connectivity index (χ1) is 9.65. The SMILES string of the molecule is O=C(C1=Cc2ccccc2OC=C1)N1C[C@@H](O)[C@H](F)C1. The van der Waals surface area contributed by atoms with E-state index in [0.717, 1.165) is 5.56 Å². The number of amides is 1. The molecule has 0 saturated carbocycles. The zero-order valence-corrected chi connectivity index (χ0v) is 10.7. The molecule has 0 aromatic heterocycles. The first-order valence-electron chi connectivity index (χ1n) is 6.40. The van der Waals surface area contributed by atoms with Crippen LogP contribution in [0.5, 0.6) is 5.75 Å². The molecule has 4 nitrogen and oxygen atoms in total. The molecule has 3 rings (SSSR count). The zero-order chi connectivity index (χ0) is 14.1. The molecule has 2 aliphatic rings. The summed E-state index contributed by atoms with van der Waals surface area (Å²) in [6.07, 6.45) is 2.23. The molecule has 1 aromatic carbocycles. The van der Waals surface area contributed by atoms with Gasteiger partial charge in [0.2, 0.25) is 0 Å². The Morgan fingerprint density at radius 1 is 1.35 bits per heavy atom. The van der Waals surface area contributed by atoms with Crippen LogP contribution < -0.4 is 4.74 Å². The topological polar surface area (TPSA) is 49.8 Å². The van der Waals surface area contributed by atoms with Crippen molar-refractivity contribution in [2.45, 2.75) is 12.3 Å². The van der Waals surface area contributed by atoms with Gasteiger partial charge >= 0.3 is 0 Å². The Morgan fingerprint density at radius 3 is 2.90 bits per heavy atom. The van der Waals surface area contributed by atoms with Crippen molar-refractivity contribution < 1.29 is 19.0 Å². The zero-order valence-electron chi connectivity index (χ0n) is 10.7. The first-order valence-corrected chi connectivity index (χ1v) is 6.40. The lowest BCUT2D eigenvalue weighted by atomic mass is 10.1. The molecule has 0 bridgehead atoms. The minimum absolute atomic E-state index is 0.0215. The predicted molar refractivity (Wildman–Crippen MR) is 71.7 cm³/mol. The lowest BCUT2D eigenvalue weighted by Crippen LogP contribution is -2.30. The molecule has 1 saturated heterocycles. The van der Waals surface area contributed by atoms with Crippen molar-refractivity contribution in [3.05, 3.63) is 47.7 Å². The van der Waals surface area contributed by atoms with E-state index in [1.54, 1.807) is 18.2 Å². The third-order valence-corrected chi connectivity index (χ3v) is 3.43. The molecule has 5 heteroatoms. The maximum Gasteiger partial charge on any atom is 0.254 e. The Morgan fingerprint density at radius 2 is 2.15 bits per heavy atom. The number of halogens is 1. The van der Waals surface area contributed by atoms with Gasteiger partial charge < -0.3 is 14.7 Å². The second-order valence-electron chi connectivity index (χ2n) is 4.85. The van der Waals surface area contributed by atoms with Gasteiger partial charge in [0.15, 0.2) is 0 Å². The van der Waals surface area contributed by atoms with Crippen LogP contribution in [0.2, 0.25) is 0 Å².